The Hall–Kier alpha value is -2.45. The van der Waals surface area contributed by atoms with Crippen LogP contribution in [0.4, 0.5) is 0 Å². The summed E-state index contributed by atoms with van der Waals surface area (Å²) in [7, 11) is 0. The monoisotopic (exact) mass is 430 g/mol. The molecule has 1 aliphatic heterocycles. The average molecular weight is 431 g/mol. The molecule has 0 radical (unpaired) electrons. The number of ether oxygens (including phenoxy) is 3. The molecule has 3 aromatic rings. The van der Waals surface area contributed by atoms with Crippen LogP contribution in [0.3, 0.4) is 0 Å². The van der Waals surface area contributed by atoms with Crippen molar-refractivity contribution >= 4 is 39.2 Å². The van der Waals surface area contributed by atoms with Crippen LogP contribution in [0.2, 0.25) is 0 Å². The lowest BCUT2D eigenvalue weighted by Crippen LogP contribution is -2.18. The van der Waals surface area contributed by atoms with Crippen molar-refractivity contribution in [1.82, 2.24) is 4.57 Å². The topological polar surface area (TPSA) is 62.1 Å². The summed E-state index contributed by atoms with van der Waals surface area (Å²) in [6.45, 7) is 3.60. The molecule has 2 heterocycles. The fraction of sp³-hybridized carbons (Fsp3) is 0.333. The van der Waals surface area contributed by atoms with Crippen molar-refractivity contribution in [2.24, 2.45) is 4.99 Å². The normalized spacial score (nSPS) is 13.2. The van der Waals surface area contributed by atoms with E-state index in [1.165, 1.54) is 11.3 Å². The van der Waals surface area contributed by atoms with Gasteiger partial charge in [0.1, 0.15) is 5.75 Å². The van der Waals surface area contributed by atoms with Crippen LogP contribution in [0.5, 0.6) is 17.2 Å². The van der Waals surface area contributed by atoms with E-state index in [4.69, 9.17) is 14.2 Å². The summed E-state index contributed by atoms with van der Waals surface area (Å²) in [6.07, 6.45) is 2.29. The highest BCUT2D eigenvalue weighted by Crippen LogP contribution is 2.32. The Morgan fingerprint density at radius 3 is 2.93 bits per heavy atom. The average Bonchev–Trinajstić information content (AvgIpc) is 3.30. The molecule has 0 bridgehead atoms. The highest BCUT2D eigenvalue weighted by Gasteiger charge is 2.15. The van der Waals surface area contributed by atoms with Gasteiger partial charge in [0.25, 0.3) is 5.91 Å². The second kappa shape index (κ2) is 8.92. The van der Waals surface area contributed by atoms with Gasteiger partial charge in [-0.25, -0.2) is 0 Å². The van der Waals surface area contributed by atoms with Crippen molar-refractivity contribution in [3.63, 3.8) is 0 Å². The minimum absolute atomic E-state index is 0.182. The summed E-state index contributed by atoms with van der Waals surface area (Å²) in [6, 6.07) is 11.6. The molecule has 0 spiro atoms. The van der Waals surface area contributed by atoms with Gasteiger partial charge >= 0.3 is 0 Å². The first kappa shape index (κ1) is 19.8. The van der Waals surface area contributed by atoms with E-state index in [1.54, 1.807) is 11.8 Å². The summed E-state index contributed by atoms with van der Waals surface area (Å²) in [4.78, 5) is 17.8. The molecule has 1 amide bonds. The first-order valence-electron chi connectivity index (χ1n) is 9.39. The lowest BCUT2D eigenvalue weighted by atomic mass is 10.1. The minimum atomic E-state index is -0.182. The van der Waals surface area contributed by atoms with Crippen LogP contribution in [0, 0.1) is 0 Å². The van der Waals surface area contributed by atoms with Gasteiger partial charge in [-0.05, 0) is 49.1 Å². The number of thioether (sulfide) groups is 1. The molecule has 29 heavy (non-hydrogen) atoms. The van der Waals surface area contributed by atoms with E-state index < -0.39 is 0 Å². The van der Waals surface area contributed by atoms with Crippen molar-refractivity contribution < 1.29 is 19.0 Å². The maximum atomic E-state index is 12.7. The van der Waals surface area contributed by atoms with Gasteiger partial charge in [0, 0.05) is 12.3 Å². The third kappa shape index (κ3) is 4.43. The first-order chi connectivity index (χ1) is 14.2. The highest BCUT2D eigenvalue weighted by molar-refractivity contribution is 7.98. The predicted molar refractivity (Wildman–Crippen MR) is 116 cm³/mol. The molecule has 8 heteroatoms. The van der Waals surface area contributed by atoms with E-state index in [1.807, 2.05) is 43.3 Å². The Balaban J connectivity index is 1.65. The van der Waals surface area contributed by atoms with Crippen LogP contribution >= 0.6 is 23.1 Å². The molecule has 0 aliphatic carbocycles. The highest BCUT2D eigenvalue weighted by atomic mass is 32.2. The van der Waals surface area contributed by atoms with Gasteiger partial charge in [-0.15, -0.1) is 0 Å². The van der Waals surface area contributed by atoms with E-state index in [0.717, 1.165) is 33.8 Å². The molecule has 2 aromatic carbocycles. The standard InChI is InChI=1S/C21H22N2O4S2/c1-3-25-15-5-6-16-19(12-15)29-21(23(16)8-9-28-2)22-20(24)11-14-4-7-17-18(10-14)27-13-26-17/h4-7,10,12H,3,8-9,11,13H2,1-2H3. The van der Waals surface area contributed by atoms with Crippen LogP contribution in [0.25, 0.3) is 10.2 Å². The van der Waals surface area contributed by atoms with Crippen LogP contribution in [-0.2, 0) is 17.8 Å². The molecule has 0 fully saturated rings. The number of aryl methyl sites for hydroxylation is 1. The minimum Gasteiger partial charge on any atom is -0.494 e. The van der Waals surface area contributed by atoms with Crippen molar-refractivity contribution in [3.05, 3.63) is 46.8 Å². The van der Waals surface area contributed by atoms with Gasteiger partial charge in [-0.1, -0.05) is 17.4 Å². The van der Waals surface area contributed by atoms with Crippen molar-refractivity contribution in [2.75, 3.05) is 25.4 Å². The second-order valence-electron chi connectivity index (χ2n) is 6.46. The summed E-state index contributed by atoms with van der Waals surface area (Å²) < 4.78 is 19.5. The van der Waals surface area contributed by atoms with E-state index in [0.29, 0.717) is 22.9 Å². The SMILES string of the molecule is CCOc1ccc2c(c1)sc(=NC(=O)Cc1ccc3c(c1)OCO3)n2CCSC. The number of hydrogen-bond acceptors (Lipinski definition) is 6. The number of amides is 1. The van der Waals surface area contributed by atoms with Crippen molar-refractivity contribution in [3.8, 4) is 17.2 Å². The Morgan fingerprint density at radius 1 is 1.24 bits per heavy atom. The van der Waals surface area contributed by atoms with Crippen molar-refractivity contribution in [2.45, 2.75) is 19.9 Å². The molecule has 0 saturated heterocycles. The number of rotatable bonds is 7. The van der Waals surface area contributed by atoms with Crippen LogP contribution in [-0.4, -0.2) is 35.9 Å². The molecule has 6 nitrogen and oxygen atoms in total. The zero-order valence-electron chi connectivity index (χ0n) is 16.3. The van der Waals surface area contributed by atoms with Gasteiger partial charge in [0.05, 0.1) is 23.2 Å². The molecule has 152 valence electrons. The van der Waals surface area contributed by atoms with Crippen LogP contribution < -0.4 is 19.0 Å². The third-order valence-electron chi connectivity index (χ3n) is 4.50. The summed E-state index contributed by atoms with van der Waals surface area (Å²) in [5.41, 5.74) is 1.93. The summed E-state index contributed by atoms with van der Waals surface area (Å²) in [5, 5.41) is 0. The maximum absolute atomic E-state index is 12.7. The van der Waals surface area contributed by atoms with Gasteiger partial charge in [-0.3, -0.25) is 4.79 Å². The van der Waals surface area contributed by atoms with E-state index >= 15 is 0 Å². The Morgan fingerprint density at radius 2 is 2.10 bits per heavy atom. The third-order valence-corrected chi connectivity index (χ3v) is 6.13. The fourth-order valence-electron chi connectivity index (χ4n) is 3.17. The zero-order valence-corrected chi connectivity index (χ0v) is 18.0. The van der Waals surface area contributed by atoms with E-state index in [9.17, 15) is 4.79 Å². The van der Waals surface area contributed by atoms with Gasteiger partial charge in [-0.2, -0.15) is 16.8 Å². The zero-order chi connectivity index (χ0) is 20.2. The largest absolute Gasteiger partial charge is 0.494 e. The summed E-state index contributed by atoms with van der Waals surface area (Å²) >= 11 is 3.28. The molecule has 1 aromatic heterocycles. The molecule has 1 aliphatic rings. The molecular formula is C21H22N2O4S2. The maximum Gasteiger partial charge on any atom is 0.252 e. The number of benzene rings is 2. The molecule has 0 unspecified atom stereocenters. The Bertz CT molecular complexity index is 1100. The number of carbonyl (C=O) groups is 1. The quantitative estimate of drug-likeness (QED) is 0.570. The Kier molecular flexibility index (Phi) is 6.10. The number of fused-ring (bicyclic) bond motifs is 2. The number of nitrogens with zero attached hydrogens (tertiary/aromatic N) is 2. The predicted octanol–water partition coefficient (Wildman–Crippen LogP) is 3.86. The number of thiazole rings is 1. The molecular weight excluding hydrogens is 408 g/mol. The molecule has 0 N–H and O–H groups in total. The van der Waals surface area contributed by atoms with E-state index in [-0.39, 0.29) is 19.1 Å². The van der Waals surface area contributed by atoms with Crippen molar-refractivity contribution in [1.29, 1.82) is 0 Å². The number of aromatic nitrogens is 1. The lowest BCUT2D eigenvalue weighted by Gasteiger charge is -2.05. The van der Waals surface area contributed by atoms with Gasteiger partial charge < -0.3 is 18.8 Å². The number of hydrogen-bond donors (Lipinski definition) is 0. The molecule has 0 saturated carbocycles. The first-order valence-corrected chi connectivity index (χ1v) is 11.6. The van der Waals surface area contributed by atoms with E-state index in [2.05, 4.69) is 15.8 Å². The molecule has 4 rings (SSSR count). The van der Waals surface area contributed by atoms with Crippen LogP contribution in [0.15, 0.2) is 41.4 Å². The second-order valence-corrected chi connectivity index (χ2v) is 8.46. The van der Waals surface area contributed by atoms with Gasteiger partial charge in [0.2, 0.25) is 6.79 Å². The number of carbonyl (C=O) groups excluding carboxylic acids is 1. The fourth-order valence-corrected chi connectivity index (χ4v) is 4.63. The lowest BCUT2D eigenvalue weighted by molar-refractivity contribution is -0.117. The smallest absolute Gasteiger partial charge is 0.252 e. The molecule has 0 atom stereocenters. The summed E-state index contributed by atoms with van der Waals surface area (Å²) in [5.74, 6) is 2.98. The Labute approximate surface area is 177 Å². The van der Waals surface area contributed by atoms with Gasteiger partial charge in [0.15, 0.2) is 16.3 Å². The van der Waals surface area contributed by atoms with Crippen LogP contribution in [0.1, 0.15) is 12.5 Å².